The van der Waals surface area contributed by atoms with Gasteiger partial charge in [-0.15, -0.1) is 0 Å². The van der Waals surface area contributed by atoms with Crippen molar-refractivity contribution in [3.63, 3.8) is 0 Å². The molecule has 0 aliphatic rings. The van der Waals surface area contributed by atoms with Gasteiger partial charge in [0, 0.05) is 32.7 Å². The summed E-state index contributed by atoms with van der Waals surface area (Å²) in [7, 11) is 3.42. The number of rotatable bonds is 8. The number of carbonyl (C=O) groups excluding carboxylic acids is 1. The maximum Gasteiger partial charge on any atom is 0.490 e. The summed E-state index contributed by atoms with van der Waals surface area (Å²) < 4.78 is 33.9. The topological polar surface area (TPSA) is 125 Å². The Hall–Kier alpha value is -4.87. The summed E-state index contributed by atoms with van der Waals surface area (Å²) >= 11 is 0. The van der Waals surface area contributed by atoms with Crippen LogP contribution in [0.4, 0.5) is 23.7 Å². The van der Waals surface area contributed by atoms with E-state index in [9.17, 15) is 27.9 Å². The first-order valence-corrected chi connectivity index (χ1v) is 13.0. The number of aromatic carboxylic acids is 1. The van der Waals surface area contributed by atoms with Crippen molar-refractivity contribution in [1.29, 1.82) is 0 Å². The van der Waals surface area contributed by atoms with Crippen LogP contribution in [0.25, 0.3) is 22.2 Å². The molecule has 1 heterocycles. The summed E-state index contributed by atoms with van der Waals surface area (Å²) in [6.07, 6.45) is -2.10. The Morgan fingerprint density at radius 2 is 1.62 bits per heavy atom. The zero-order chi connectivity index (χ0) is 31.0. The maximum atomic E-state index is 12.1. The highest BCUT2D eigenvalue weighted by Crippen LogP contribution is 2.26. The van der Waals surface area contributed by atoms with Crippen LogP contribution in [0.3, 0.4) is 0 Å². The number of nitrogens with zero attached hydrogens (tertiary/aromatic N) is 3. The summed E-state index contributed by atoms with van der Waals surface area (Å²) in [4.78, 5) is 39.0. The molecule has 0 radical (unpaired) electrons. The van der Waals surface area contributed by atoms with Crippen LogP contribution in [0.5, 0.6) is 0 Å². The van der Waals surface area contributed by atoms with Gasteiger partial charge in [0.2, 0.25) is 0 Å². The maximum absolute atomic E-state index is 12.1. The molecule has 0 unspecified atom stereocenters. The molecule has 42 heavy (non-hydrogen) atoms. The number of amides is 2. The van der Waals surface area contributed by atoms with E-state index in [-0.39, 0.29) is 11.6 Å². The molecule has 0 fully saturated rings. The third kappa shape index (κ3) is 8.09. The van der Waals surface area contributed by atoms with E-state index in [1.165, 1.54) is 4.90 Å². The Balaban J connectivity index is 0.000000616. The number of aromatic nitrogens is 2. The number of aryl methyl sites for hydroxylation is 1. The predicted octanol–water partition coefficient (Wildman–Crippen LogP) is 6.52. The number of carboxylic acids is 2. The number of alkyl halides is 3. The highest BCUT2D eigenvalue weighted by molar-refractivity contribution is 5.96. The minimum absolute atomic E-state index is 0.182. The molecular weight excluding hydrogens is 553 g/mol. The molecule has 9 nitrogen and oxygen atoms in total. The summed E-state index contributed by atoms with van der Waals surface area (Å²) in [6.45, 7) is 2.79. The number of hydrogen-bond acceptors (Lipinski definition) is 4. The van der Waals surface area contributed by atoms with E-state index in [4.69, 9.17) is 14.9 Å². The molecule has 3 aromatic carbocycles. The van der Waals surface area contributed by atoms with Gasteiger partial charge in [0.05, 0.1) is 16.6 Å². The highest BCUT2D eigenvalue weighted by Gasteiger charge is 2.38. The van der Waals surface area contributed by atoms with E-state index < -0.39 is 18.1 Å². The summed E-state index contributed by atoms with van der Waals surface area (Å²) in [6, 6.07) is 20.6. The van der Waals surface area contributed by atoms with Crippen LogP contribution in [0.2, 0.25) is 0 Å². The third-order valence-electron chi connectivity index (χ3n) is 6.24. The van der Waals surface area contributed by atoms with Gasteiger partial charge in [-0.1, -0.05) is 55.8 Å². The number of urea groups is 1. The fourth-order valence-corrected chi connectivity index (χ4v) is 4.08. The van der Waals surface area contributed by atoms with E-state index in [1.54, 1.807) is 26.2 Å². The van der Waals surface area contributed by atoms with Gasteiger partial charge in [0.15, 0.2) is 0 Å². The smallest absolute Gasteiger partial charge is 0.478 e. The average Bonchev–Trinajstić information content (AvgIpc) is 3.28. The molecule has 222 valence electrons. The highest BCUT2D eigenvalue weighted by atomic mass is 19.4. The molecule has 4 rings (SSSR count). The minimum Gasteiger partial charge on any atom is -0.478 e. The van der Waals surface area contributed by atoms with Crippen LogP contribution < -0.4 is 5.32 Å². The number of halogens is 3. The van der Waals surface area contributed by atoms with Crippen LogP contribution in [-0.4, -0.2) is 62.9 Å². The molecule has 1 aromatic heterocycles. The van der Waals surface area contributed by atoms with Gasteiger partial charge in [0.25, 0.3) is 0 Å². The van der Waals surface area contributed by atoms with Crippen molar-refractivity contribution in [2.75, 3.05) is 19.4 Å². The monoisotopic (exact) mass is 584 g/mol. The van der Waals surface area contributed by atoms with Crippen molar-refractivity contribution in [3.8, 4) is 11.1 Å². The lowest BCUT2D eigenvalue weighted by Crippen LogP contribution is -2.27. The lowest BCUT2D eigenvalue weighted by atomic mass is 9.99. The lowest BCUT2D eigenvalue weighted by Gasteiger charge is -2.13. The molecule has 0 aliphatic carbocycles. The molecule has 0 spiro atoms. The number of carbonyl (C=O) groups is 3. The lowest BCUT2D eigenvalue weighted by molar-refractivity contribution is -0.192. The molecule has 0 saturated heterocycles. The van der Waals surface area contributed by atoms with Gasteiger partial charge < -0.3 is 25.0 Å². The fraction of sp³-hybridized carbons (Fsp3) is 0.267. The van der Waals surface area contributed by atoms with Crippen molar-refractivity contribution < 1.29 is 37.8 Å². The molecule has 2 amide bonds. The van der Waals surface area contributed by atoms with Crippen molar-refractivity contribution >= 4 is 34.7 Å². The van der Waals surface area contributed by atoms with E-state index in [2.05, 4.69) is 16.8 Å². The third-order valence-corrected chi connectivity index (χ3v) is 6.24. The van der Waals surface area contributed by atoms with E-state index in [0.29, 0.717) is 12.1 Å². The number of benzene rings is 3. The SMILES string of the molecule is CCCCc1nc2ccc(NC(=O)N(C)C)cc2n1Cc1ccc(-c2ccccc2C(=O)O)cc1.O=C(O)C(F)(F)F. The fourth-order valence-electron chi connectivity index (χ4n) is 4.08. The summed E-state index contributed by atoms with van der Waals surface area (Å²) in [5.74, 6) is -2.68. The van der Waals surface area contributed by atoms with Crippen molar-refractivity contribution in [1.82, 2.24) is 14.5 Å². The second kappa shape index (κ2) is 13.7. The Bertz CT molecular complexity index is 1560. The molecule has 4 aromatic rings. The second-order valence-corrected chi connectivity index (χ2v) is 9.60. The zero-order valence-electron chi connectivity index (χ0n) is 23.3. The van der Waals surface area contributed by atoms with Gasteiger partial charge in [-0.05, 0) is 47.4 Å². The number of imidazole rings is 1. The molecule has 0 saturated carbocycles. The molecule has 0 bridgehead atoms. The minimum atomic E-state index is -5.08. The van der Waals surface area contributed by atoms with Crippen molar-refractivity contribution in [2.24, 2.45) is 0 Å². The Labute approximate surface area is 240 Å². The first kappa shape index (κ1) is 31.7. The first-order valence-electron chi connectivity index (χ1n) is 13.0. The van der Waals surface area contributed by atoms with Crippen LogP contribution in [-0.2, 0) is 17.8 Å². The van der Waals surface area contributed by atoms with Crippen LogP contribution in [0.15, 0.2) is 66.7 Å². The largest absolute Gasteiger partial charge is 0.490 e. The van der Waals surface area contributed by atoms with Gasteiger partial charge in [0.1, 0.15) is 5.82 Å². The number of aliphatic carboxylic acids is 1. The van der Waals surface area contributed by atoms with Crippen molar-refractivity contribution in [2.45, 2.75) is 38.9 Å². The second-order valence-electron chi connectivity index (χ2n) is 9.60. The number of unbranched alkanes of at least 4 members (excludes halogenated alkanes) is 1. The summed E-state index contributed by atoms with van der Waals surface area (Å²) in [5, 5.41) is 19.6. The number of fused-ring (bicyclic) bond motifs is 1. The van der Waals surface area contributed by atoms with Crippen LogP contribution >= 0.6 is 0 Å². The van der Waals surface area contributed by atoms with E-state index >= 15 is 0 Å². The zero-order valence-corrected chi connectivity index (χ0v) is 23.3. The van der Waals surface area contributed by atoms with Gasteiger partial charge in [-0.2, -0.15) is 13.2 Å². The first-order chi connectivity index (χ1) is 19.8. The molecular formula is C30H31F3N4O5. The predicted molar refractivity (Wildman–Crippen MR) is 153 cm³/mol. The normalized spacial score (nSPS) is 11.0. The Morgan fingerprint density at radius 3 is 2.19 bits per heavy atom. The number of nitrogens with one attached hydrogen (secondary N) is 1. The quantitative estimate of drug-likeness (QED) is 0.217. The molecule has 3 N–H and O–H groups in total. The summed E-state index contributed by atoms with van der Waals surface area (Å²) in [5.41, 5.74) is 5.52. The molecule has 0 aliphatic heterocycles. The number of hydrogen-bond donors (Lipinski definition) is 3. The standard InChI is InChI=1S/C28H30N4O3.C2HF3O2/c1-4-5-10-26-30-24-16-15-21(29-28(35)31(2)3)17-25(24)32(26)18-19-11-13-20(14-12-19)22-8-6-7-9-23(22)27(33)34;3-2(4,5)1(6)7/h6-9,11-17H,4-5,10,18H2,1-3H3,(H,29,35)(H,33,34);(H,6,7). The number of carboxylic acid groups (broad SMARTS) is 2. The molecule has 0 atom stereocenters. The van der Waals surface area contributed by atoms with Gasteiger partial charge in [-0.25, -0.2) is 19.4 Å². The van der Waals surface area contributed by atoms with E-state index in [1.807, 2.05) is 54.6 Å². The van der Waals surface area contributed by atoms with Crippen molar-refractivity contribution in [3.05, 3.63) is 83.7 Å². The average molecular weight is 585 g/mol. The van der Waals surface area contributed by atoms with Gasteiger partial charge >= 0.3 is 24.1 Å². The van der Waals surface area contributed by atoms with E-state index in [0.717, 1.165) is 52.9 Å². The molecule has 12 heteroatoms. The van der Waals surface area contributed by atoms with Gasteiger partial charge in [-0.3, -0.25) is 0 Å². The number of anilines is 1. The Morgan fingerprint density at radius 1 is 0.976 bits per heavy atom. The Kier molecular flexibility index (Phi) is 10.3. The van der Waals surface area contributed by atoms with Crippen LogP contribution in [0, 0.1) is 0 Å². The van der Waals surface area contributed by atoms with Crippen LogP contribution in [0.1, 0.15) is 41.5 Å².